The van der Waals surface area contributed by atoms with Gasteiger partial charge < -0.3 is 14.6 Å². The molecule has 0 amide bonds. The number of esters is 1. The molecule has 1 aromatic carbocycles. The molecule has 0 bridgehead atoms. The second-order valence-electron chi connectivity index (χ2n) is 2.99. The molecule has 0 unspecified atom stereocenters. The van der Waals surface area contributed by atoms with Crippen molar-refractivity contribution in [3.05, 3.63) is 47.9 Å². The van der Waals surface area contributed by atoms with Crippen LogP contribution < -0.4 is 0 Å². The number of rotatable bonds is 5. The zero-order chi connectivity index (χ0) is 11.8. The van der Waals surface area contributed by atoms with E-state index in [0.717, 1.165) is 5.56 Å². The third kappa shape index (κ3) is 5.77. The molecule has 0 spiro atoms. The molecule has 0 fully saturated rings. The van der Waals surface area contributed by atoms with E-state index >= 15 is 0 Å². The Morgan fingerprint density at radius 3 is 2.47 bits per heavy atom. The number of hydrogen-bond acceptors (Lipinski definition) is 4. The van der Waals surface area contributed by atoms with Gasteiger partial charge in [-0.15, -0.1) is 0 Å². The van der Waals surface area contributed by atoms with Crippen molar-refractivity contribution in [2.45, 2.75) is 13.5 Å². The first-order valence-corrected chi connectivity index (χ1v) is 4.96. The summed E-state index contributed by atoms with van der Waals surface area (Å²) in [5, 5.41) is 8.81. The van der Waals surface area contributed by atoms with Crippen LogP contribution in [0.4, 0.5) is 0 Å². The van der Waals surface area contributed by atoms with Gasteiger partial charge in [0.1, 0.15) is 12.9 Å². The van der Waals surface area contributed by atoms with Crippen molar-refractivity contribution in [1.82, 2.24) is 0 Å². The van der Waals surface area contributed by atoms with Crippen LogP contribution in [0.25, 0.3) is 0 Å². The van der Waals surface area contributed by atoms with Crippen LogP contribution >= 0.6 is 0 Å². The Bertz CT molecular complexity index is 362. The van der Waals surface area contributed by atoms with Gasteiger partial charge in [0.05, 0.1) is 6.61 Å². The van der Waals surface area contributed by atoms with Gasteiger partial charge in [-0.3, -0.25) is 0 Å². The van der Waals surface area contributed by atoms with Gasteiger partial charge in [0, 0.05) is 29.6 Å². The molecule has 87 valence electrons. The maximum atomic E-state index is 11.2. The van der Waals surface area contributed by atoms with E-state index in [1.807, 2.05) is 30.3 Å². The number of aliphatic hydroxyl groups excluding tert-OH is 1. The molecule has 0 saturated heterocycles. The summed E-state index contributed by atoms with van der Waals surface area (Å²) in [6.45, 7) is 2.14. The van der Waals surface area contributed by atoms with E-state index in [4.69, 9.17) is 14.6 Å². The summed E-state index contributed by atoms with van der Waals surface area (Å²) in [5.41, 5.74) is 0.908. The summed E-state index contributed by atoms with van der Waals surface area (Å²) in [6.07, 6.45) is 0.612. The molecule has 0 atom stereocenters. The van der Waals surface area contributed by atoms with E-state index in [1.54, 1.807) is 6.92 Å². The van der Waals surface area contributed by atoms with Gasteiger partial charge in [-0.25, -0.2) is 4.79 Å². The van der Waals surface area contributed by atoms with Crippen LogP contribution in [0.1, 0.15) is 12.5 Å². The summed E-state index contributed by atoms with van der Waals surface area (Å²) in [7, 11) is 0. The van der Waals surface area contributed by atoms with Gasteiger partial charge in [-0.2, -0.15) is 0 Å². The zero-order valence-electron chi connectivity index (χ0n) is 10.1. The first kappa shape index (κ1) is 16.0. The molecule has 1 radical (unpaired) electrons. The molecular formula is C12H14NaO4. The second-order valence-corrected chi connectivity index (χ2v) is 2.99. The number of ether oxygens (including phenoxy) is 2. The van der Waals surface area contributed by atoms with Crippen LogP contribution in [-0.2, 0) is 20.9 Å². The van der Waals surface area contributed by atoms with Gasteiger partial charge in [0.25, 0.3) is 0 Å². The van der Waals surface area contributed by atoms with Crippen molar-refractivity contribution in [2.24, 2.45) is 0 Å². The quantitative estimate of drug-likeness (QED) is 0.372. The normalized spacial score (nSPS) is 10.3. The van der Waals surface area contributed by atoms with Gasteiger partial charge in [0.2, 0.25) is 5.76 Å². The number of aliphatic hydroxyl groups is 1. The molecule has 1 N–H and O–H groups in total. The van der Waals surface area contributed by atoms with Gasteiger partial charge in [0.15, 0.2) is 0 Å². The summed E-state index contributed by atoms with van der Waals surface area (Å²) in [5.74, 6) is -0.855. The van der Waals surface area contributed by atoms with Crippen molar-refractivity contribution >= 4 is 35.5 Å². The molecule has 17 heavy (non-hydrogen) atoms. The van der Waals surface area contributed by atoms with Gasteiger partial charge in [-0.1, -0.05) is 30.3 Å². The number of hydrogen-bond donors (Lipinski definition) is 1. The van der Waals surface area contributed by atoms with Crippen LogP contribution in [0.15, 0.2) is 42.4 Å². The molecule has 0 heterocycles. The minimum atomic E-state index is -0.666. The topological polar surface area (TPSA) is 55.8 Å². The Morgan fingerprint density at radius 1 is 1.29 bits per heavy atom. The fourth-order valence-electron chi connectivity index (χ4n) is 1.09. The van der Waals surface area contributed by atoms with Crippen LogP contribution in [0.3, 0.4) is 0 Å². The number of benzene rings is 1. The molecule has 0 aliphatic heterocycles. The van der Waals surface area contributed by atoms with E-state index in [-0.39, 0.29) is 48.5 Å². The first-order valence-electron chi connectivity index (χ1n) is 4.96. The fourth-order valence-corrected chi connectivity index (χ4v) is 1.09. The maximum Gasteiger partial charge on any atom is 0.376 e. The van der Waals surface area contributed by atoms with E-state index < -0.39 is 5.97 Å². The first-order chi connectivity index (χ1) is 7.77. The Kier molecular flexibility index (Phi) is 8.58. The predicted molar refractivity (Wildman–Crippen MR) is 64.3 cm³/mol. The van der Waals surface area contributed by atoms with Crippen molar-refractivity contribution in [3.63, 3.8) is 0 Å². The summed E-state index contributed by atoms with van der Waals surface area (Å²) < 4.78 is 9.82. The molecule has 0 aliphatic rings. The molecule has 0 saturated carbocycles. The molecule has 0 aromatic heterocycles. The molecule has 1 rings (SSSR count). The number of carbonyl (C=O) groups is 1. The van der Waals surface area contributed by atoms with E-state index in [1.165, 1.54) is 0 Å². The average Bonchev–Trinajstić information content (AvgIpc) is 2.31. The van der Waals surface area contributed by atoms with Crippen molar-refractivity contribution in [3.8, 4) is 0 Å². The second kappa shape index (κ2) is 9.10. The Balaban J connectivity index is 0.00000256. The van der Waals surface area contributed by atoms with Crippen molar-refractivity contribution in [2.75, 3.05) is 6.61 Å². The Hall–Kier alpha value is -0.970. The molecule has 5 heteroatoms. The van der Waals surface area contributed by atoms with E-state index in [9.17, 15) is 4.79 Å². The van der Waals surface area contributed by atoms with E-state index in [0.29, 0.717) is 6.26 Å². The fraction of sp³-hybridized carbons (Fsp3) is 0.250. The standard InChI is InChI=1S/C12H14O4.Na/c1-2-15-12(14)11(8-13)16-9-10-6-4-3-5-7-10;/h3-8,13H,2,9H2,1H3;/b11-8-;. The summed E-state index contributed by atoms with van der Waals surface area (Å²) in [6, 6.07) is 9.34. The van der Waals surface area contributed by atoms with Crippen molar-refractivity contribution in [1.29, 1.82) is 0 Å². The van der Waals surface area contributed by atoms with E-state index in [2.05, 4.69) is 0 Å². The minimum absolute atomic E-state index is 0. The van der Waals surface area contributed by atoms with Crippen LogP contribution in [0, 0.1) is 0 Å². The number of carbonyl (C=O) groups excluding carboxylic acids is 1. The molecular weight excluding hydrogens is 231 g/mol. The summed E-state index contributed by atoms with van der Waals surface area (Å²) in [4.78, 5) is 11.2. The zero-order valence-corrected chi connectivity index (χ0v) is 12.1. The maximum absolute atomic E-state index is 11.2. The SMILES string of the molecule is CCOC(=O)/C(=C/O)OCc1ccccc1.[Na]. The average molecular weight is 245 g/mol. The van der Waals surface area contributed by atoms with Gasteiger partial charge >= 0.3 is 5.97 Å². The smallest absolute Gasteiger partial charge is 0.376 e. The summed E-state index contributed by atoms with van der Waals surface area (Å²) >= 11 is 0. The third-order valence-electron chi connectivity index (χ3n) is 1.83. The van der Waals surface area contributed by atoms with Crippen molar-refractivity contribution < 1.29 is 19.4 Å². The molecule has 1 aromatic rings. The van der Waals surface area contributed by atoms with Crippen LogP contribution in [0.5, 0.6) is 0 Å². The molecule has 0 aliphatic carbocycles. The van der Waals surface area contributed by atoms with Crippen LogP contribution in [0.2, 0.25) is 0 Å². The third-order valence-corrected chi connectivity index (χ3v) is 1.83. The molecule has 4 nitrogen and oxygen atoms in total. The largest absolute Gasteiger partial charge is 0.511 e. The predicted octanol–water partition coefficient (Wildman–Crippen LogP) is 1.78. The Morgan fingerprint density at radius 2 is 1.94 bits per heavy atom. The minimum Gasteiger partial charge on any atom is -0.511 e. The Labute approximate surface area is 123 Å². The monoisotopic (exact) mass is 245 g/mol. The van der Waals surface area contributed by atoms with Crippen LogP contribution in [-0.4, -0.2) is 47.2 Å². The van der Waals surface area contributed by atoms with Gasteiger partial charge in [-0.05, 0) is 12.5 Å².